The predicted molar refractivity (Wildman–Crippen MR) is 83.3 cm³/mol. The summed E-state index contributed by atoms with van der Waals surface area (Å²) >= 11 is 0. The quantitative estimate of drug-likeness (QED) is 0.632. The Morgan fingerprint density at radius 3 is 2.30 bits per heavy atom. The van der Waals surface area contributed by atoms with E-state index in [1.54, 1.807) is 6.08 Å². The molecular weight excluding hydrogens is 307 g/mol. The van der Waals surface area contributed by atoms with E-state index in [0.29, 0.717) is 5.41 Å². The van der Waals surface area contributed by atoms with Crippen LogP contribution in [0.3, 0.4) is 0 Å². The standard InChI is InChI=1S/C15H22F3NO2.C2H2/c1-2-12(4-3-9-21-15(16,17)18)19-7-5-14(6-8-19)10-13(20)11-14;1-2/h2-4,13,20H,5-11H2,1H3;1-2H/b4-3-,12-2+;. The SMILES string of the molecule is C#C.C/C=C(\C=C/COC(F)(F)F)N1CCC2(CC1)CC(O)C2. The lowest BCUT2D eigenvalue weighted by Gasteiger charge is -2.51. The Morgan fingerprint density at radius 1 is 1.30 bits per heavy atom. The van der Waals surface area contributed by atoms with Gasteiger partial charge in [-0.15, -0.1) is 26.0 Å². The molecule has 1 saturated carbocycles. The molecule has 2 aliphatic rings. The first-order valence-electron chi connectivity index (χ1n) is 7.63. The van der Waals surface area contributed by atoms with Crippen LogP contribution in [0.25, 0.3) is 0 Å². The Hall–Kier alpha value is -1.45. The topological polar surface area (TPSA) is 32.7 Å². The van der Waals surface area contributed by atoms with Crippen molar-refractivity contribution in [3.63, 3.8) is 0 Å². The second-order valence-corrected chi connectivity index (χ2v) is 5.92. The number of aliphatic hydroxyl groups is 1. The summed E-state index contributed by atoms with van der Waals surface area (Å²) in [6.07, 6.45) is 12.1. The first-order chi connectivity index (χ1) is 10.8. The average molecular weight is 331 g/mol. The van der Waals surface area contributed by atoms with Crippen LogP contribution >= 0.6 is 0 Å². The van der Waals surface area contributed by atoms with Gasteiger partial charge in [0.15, 0.2) is 0 Å². The number of allylic oxidation sites excluding steroid dienone is 2. The molecule has 1 aliphatic heterocycles. The third kappa shape index (κ3) is 5.92. The minimum absolute atomic E-state index is 0.142. The monoisotopic (exact) mass is 331 g/mol. The van der Waals surface area contributed by atoms with E-state index in [2.05, 4.69) is 22.5 Å². The van der Waals surface area contributed by atoms with Crippen molar-refractivity contribution in [2.45, 2.75) is 45.1 Å². The molecule has 0 unspecified atom stereocenters. The maximum Gasteiger partial charge on any atom is 0.522 e. The van der Waals surface area contributed by atoms with Gasteiger partial charge in [0.25, 0.3) is 0 Å². The van der Waals surface area contributed by atoms with Crippen LogP contribution in [0.2, 0.25) is 0 Å². The Morgan fingerprint density at radius 2 is 1.87 bits per heavy atom. The van der Waals surface area contributed by atoms with Gasteiger partial charge in [0, 0.05) is 18.8 Å². The summed E-state index contributed by atoms with van der Waals surface area (Å²) < 4.78 is 39.4. The Kier molecular flexibility index (Phi) is 7.17. The van der Waals surface area contributed by atoms with Crippen molar-refractivity contribution in [3.05, 3.63) is 23.9 Å². The second kappa shape index (κ2) is 8.42. The van der Waals surface area contributed by atoms with Crippen LogP contribution in [0.5, 0.6) is 0 Å². The highest BCUT2D eigenvalue weighted by Gasteiger charge is 2.45. The van der Waals surface area contributed by atoms with E-state index >= 15 is 0 Å². The first kappa shape index (κ1) is 19.6. The number of hydrogen-bond acceptors (Lipinski definition) is 3. The Labute approximate surface area is 135 Å². The molecule has 6 heteroatoms. The lowest BCUT2D eigenvalue weighted by molar-refractivity contribution is -0.319. The molecule has 2 fully saturated rings. The zero-order chi connectivity index (χ0) is 17.5. The van der Waals surface area contributed by atoms with Crippen LogP contribution in [0.4, 0.5) is 13.2 Å². The molecule has 1 heterocycles. The van der Waals surface area contributed by atoms with Crippen LogP contribution in [0, 0.1) is 18.3 Å². The van der Waals surface area contributed by atoms with Gasteiger partial charge in [-0.05, 0) is 44.1 Å². The number of piperidine rings is 1. The van der Waals surface area contributed by atoms with Crippen LogP contribution in [-0.4, -0.2) is 42.2 Å². The van der Waals surface area contributed by atoms with Crippen LogP contribution < -0.4 is 0 Å². The largest absolute Gasteiger partial charge is 0.522 e. The number of alkyl halides is 3. The number of terminal acetylenes is 1. The summed E-state index contributed by atoms with van der Waals surface area (Å²) in [5.74, 6) is 0. The number of nitrogens with zero attached hydrogens (tertiary/aromatic N) is 1. The summed E-state index contributed by atoms with van der Waals surface area (Å²) in [5, 5.41) is 9.45. The molecule has 3 nitrogen and oxygen atoms in total. The normalized spacial score (nSPS) is 21.9. The second-order valence-electron chi connectivity index (χ2n) is 5.92. The van der Waals surface area contributed by atoms with E-state index in [1.807, 2.05) is 13.0 Å². The first-order valence-corrected chi connectivity index (χ1v) is 7.63. The molecule has 0 atom stereocenters. The molecular formula is C17H24F3NO2. The summed E-state index contributed by atoms with van der Waals surface area (Å²) in [6, 6.07) is 0. The number of likely N-dealkylation sites (tertiary alicyclic amines) is 1. The number of rotatable bonds is 4. The van der Waals surface area contributed by atoms with Crippen molar-refractivity contribution in [3.8, 4) is 12.8 Å². The van der Waals surface area contributed by atoms with Crippen molar-refractivity contribution >= 4 is 0 Å². The van der Waals surface area contributed by atoms with E-state index in [0.717, 1.165) is 44.5 Å². The molecule has 1 aliphatic carbocycles. The highest BCUT2D eigenvalue weighted by atomic mass is 19.4. The molecule has 0 aromatic rings. The van der Waals surface area contributed by atoms with E-state index in [9.17, 15) is 18.3 Å². The molecule has 23 heavy (non-hydrogen) atoms. The summed E-state index contributed by atoms with van der Waals surface area (Å²) in [4.78, 5) is 2.18. The molecule has 2 rings (SSSR count). The van der Waals surface area contributed by atoms with E-state index in [1.165, 1.54) is 6.08 Å². The third-order valence-electron chi connectivity index (χ3n) is 4.45. The highest BCUT2D eigenvalue weighted by Crippen LogP contribution is 2.49. The van der Waals surface area contributed by atoms with Gasteiger partial charge in [-0.25, -0.2) is 0 Å². The molecule has 0 aromatic heterocycles. The predicted octanol–water partition coefficient (Wildman–Crippen LogP) is 3.47. The molecule has 1 saturated heterocycles. The van der Waals surface area contributed by atoms with Gasteiger partial charge in [-0.3, -0.25) is 4.74 Å². The fraction of sp³-hybridized carbons (Fsp3) is 0.647. The smallest absolute Gasteiger partial charge is 0.393 e. The molecule has 0 radical (unpaired) electrons. The van der Waals surface area contributed by atoms with Gasteiger partial charge in [0.05, 0.1) is 12.7 Å². The van der Waals surface area contributed by atoms with Gasteiger partial charge in [0.2, 0.25) is 0 Å². The number of hydrogen-bond donors (Lipinski definition) is 1. The fourth-order valence-corrected chi connectivity index (χ4v) is 3.28. The van der Waals surface area contributed by atoms with Gasteiger partial charge < -0.3 is 10.0 Å². The summed E-state index contributed by atoms with van der Waals surface area (Å²) in [6.45, 7) is 3.18. The fourth-order valence-electron chi connectivity index (χ4n) is 3.28. The van der Waals surface area contributed by atoms with Crippen LogP contribution in [-0.2, 0) is 4.74 Å². The van der Waals surface area contributed by atoms with Crippen molar-refractivity contribution < 1.29 is 23.0 Å². The van der Waals surface area contributed by atoms with Gasteiger partial charge in [0.1, 0.15) is 0 Å². The lowest BCUT2D eigenvalue weighted by atomic mass is 9.61. The zero-order valence-corrected chi connectivity index (χ0v) is 13.4. The Balaban J connectivity index is 0.00000127. The van der Waals surface area contributed by atoms with Crippen molar-refractivity contribution in [2.24, 2.45) is 5.41 Å². The minimum Gasteiger partial charge on any atom is -0.393 e. The van der Waals surface area contributed by atoms with E-state index < -0.39 is 13.0 Å². The molecule has 0 aromatic carbocycles. The average Bonchev–Trinajstić information content (AvgIpc) is 2.48. The maximum absolute atomic E-state index is 11.9. The van der Waals surface area contributed by atoms with Gasteiger partial charge >= 0.3 is 6.36 Å². The van der Waals surface area contributed by atoms with E-state index in [4.69, 9.17) is 0 Å². The molecule has 1 spiro atoms. The van der Waals surface area contributed by atoms with Crippen LogP contribution in [0.1, 0.15) is 32.6 Å². The minimum atomic E-state index is -4.58. The zero-order valence-electron chi connectivity index (χ0n) is 13.4. The number of aliphatic hydroxyl groups excluding tert-OH is 1. The van der Waals surface area contributed by atoms with Crippen molar-refractivity contribution in [2.75, 3.05) is 19.7 Å². The molecule has 0 amide bonds. The summed E-state index contributed by atoms with van der Waals surface area (Å²) in [5.41, 5.74) is 1.23. The van der Waals surface area contributed by atoms with Crippen molar-refractivity contribution in [1.29, 1.82) is 0 Å². The van der Waals surface area contributed by atoms with Gasteiger partial charge in [-0.1, -0.05) is 12.2 Å². The highest BCUT2D eigenvalue weighted by molar-refractivity contribution is 5.18. The third-order valence-corrected chi connectivity index (χ3v) is 4.45. The lowest BCUT2D eigenvalue weighted by Crippen LogP contribution is -2.48. The van der Waals surface area contributed by atoms with Crippen LogP contribution in [0.15, 0.2) is 23.9 Å². The van der Waals surface area contributed by atoms with E-state index in [-0.39, 0.29) is 6.10 Å². The number of halogens is 3. The Bertz CT molecular complexity index is 438. The van der Waals surface area contributed by atoms with Gasteiger partial charge in [-0.2, -0.15) is 0 Å². The molecule has 130 valence electrons. The molecule has 0 bridgehead atoms. The maximum atomic E-state index is 11.9. The molecule has 1 N–H and O–H groups in total. The summed E-state index contributed by atoms with van der Waals surface area (Å²) in [7, 11) is 0. The number of ether oxygens (including phenoxy) is 1. The van der Waals surface area contributed by atoms with Crippen molar-refractivity contribution in [1.82, 2.24) is 4.90 Å².